The fraction of sp³-hybridized carbons (Fsp3) is 0.462. The number of hydrogen-bond acceptors (Lipinski definition) is 5. The number of nitro groups is 1. The quantitative estimate of drug-likeness (QED) is 0.634. The Hall–Kier alpha value is -1.86. The van der Waals surface area contributed by atoms with Gasteiger partial charge in [0, 0.05) is 18.6 Å². The van der Waals surface area contributed by atoms with Crippen molar-refractivity contribution in [3.8, 4) is 5.75 Å². The maximum Gasteiger partial charge on any atom is 0.288 e. The average Bonchev–Trinajstić information content (AvgIpc) is 2.83. The van der Waals surface area contributed by atoms with Crippen LogP contribution in [0, 0.1) is 10.1 Å². The average molecular weight is 314 g/mol. The van der Waals surface area contributed by atoms with E-state index in [1.807, 2.05) is 0 Å². The fourth-order valence-electron chi connectivity index (χ4n) is 2.58. The number of nitrogens with two attached hydrogens (primary N) is 1. The Balaban J connectivity index is 2.09. The van der Waals surface area contributed by atoms with E-state index >= 15 is 0 Å². The third kappa shape index (κ3) is 3.08. The molecule has 8 heteroatoms. The van der Waals surface area contributed by atoms with E-state index in [0.717, 1.165) is 0 Å². The van der Waals surface area contributed by atoms with Crippen molar-refractivity contribution in [2.24, 2.45) is 5.73 Å². The summed E-state index contributed by atoms with van der Waals surface area (Å²) in [7, 11) is 1.69. The van der Waals surface area contributed by atoms with E-state index in [2.05, 4.69) is 5.32 Å². The lowest BCUT2D eigenvalue weighted by Crippen LogP contribution is -2.52. The lowest BCUT2D eigenvalue weighted by molar-refractivity contribution is -0.384. The highest BCUT2D eigenvalue weighted by Crippen LogP contribution is 2.34. The van der Waals surface area contributed by atoms with E-state index in [1.54, 1.807) is 7.05 Å². The van der Waals surface area contributed by atoms with Gasteiger partial charge in [0.15, 0.2) is 0 Å². The molecule has 21 heavy (non-hydrogen) atoms. The highest BCUT2D eigenvalue weighted by molar-refractivity contribution is 6.32. The Morgan fingerprint density at radius 2 is 2.33 bits per heavy atom. The van der Waals surface area contributed by atoms with Crippen LogP contribution < -0.4 is 15.8 Å². The molecule has 1 aliphatic rings. The molecule has 0 radical (unpaired) electrons. The summed E-state index contributed by atoms with van der Waals surface area (Å²) in [6.07, 6.45) is 1.51. The predicted octanol–water partition coefficient (Wildman–Crippen LogP) is 1.62. The van der Waals surface area contributed by atoms with Crippen molar-refractivity contribution in [3.05, 3.63) is 33.3 Å². The summed E-state index contributed by atoms with van der Waals surface area (Å²) in [6.45, 7) is 0. The lowest BCUT2D eigenvalue weighted by atomic mass is 9.97. The van der Waals surface area contributed by atoms with Crippen LogP contribution in [0.1, 0.15) is 19.3 Å². The number of hydrogen-bond donors (Lipinski definition) is 2. The van der Waals surface area contributed by atoms with Gasteiger partial charge in [0.25, 0.3) is 5.69 Å². The Morgan fingerprint density at radius 3 is 2.81 bits per heavy atom. The van der Waals surface area contributed by atoms with E-state index < -0.39 is 16.4 Å². The summed E-state index contributed by atoms with van der Waals surface area (Å²) in [5, 5.41) is 13.7. The van der Waals surface area contributed by atoms with Gasteiger partial charge in [-0.25, -0.2) is 0 Å². The molecule has 1 saturated carbocycles. The van der Waals surface area contributed by atoms with Gasteiger partial charge in [-0.05, 0) is 26.0 Å². The number of ether oxygens (including phenoxy) is 1. The molecule has 0 spiro atoms. The predicted molar refractivity (Wildman–Crippen MR) is 77.4 cm³/mol. The number of primary amides is 1. The molecule has 1 fully saturated rings. The molecule has 0 bridgehead atoms. The molecule has 2 unspecified atom stereocenters. The van der Waals surface area contributed by atoms with Crippen LogP contribution in [0.25, 0.3) is 0 Å². The summed E-state index contributed by atoms with van der Waals surface area (Å²) < 4.78 is 5.74. The summed E-state index contributed by atoms with van der Waals surface area (Å²) in [5.41, 5.74) is 4.50. The van der Waals surface area contributed by atoms with Crippen LogP contribution in [0.15, 0.2) is 18.2 Å². The number of amides is 1. The summed E-state index contributed by atoms with van der Waals surface area (Å²) in [6, 6.07) is 4.20. The molecule has 2 rings (SSSR count). The number of carbonyl (C=O) groups excluding carboxylic acids is 1. The van der Waals surface area contributed by atoms with E-state index in [0.29, 0.717) is 25.0 Å². The highest BCUT2D eigenvalue weighted by atomic mass is 35.5. The molecule has 0 aromatic heterocycles. The van der Waals surface area contributed by atoms with Gasteiger partial charge in [0.1, 0.15) is 22.4 Å². The Labute approximate surface area is 126 Å². The first kappa shape index (κ1) is 15.5. The number of carbonyl (C=O) groups is 1. The van der Waals surface area contributed by atoms with Crippen LogP contribution in [0.4, 0.5) is 5.69 Å². The molecule has 7 nitrogen and oxygen atoms in total. The van der Waals surface area contributed by atoms with Crippen LogP contribution >= 0.6 is 11.6 Å². The molecular formula is C13H16ClN3O4. The molecule has 1 aromatic carbocycles. The zero-order valence-electron chi connectivity index (χ0n) is 11.5. The van der Waals surface area contributed by atoms with Gasteiger partial charge < -0.3 is 15.8 Å². The van der Waals surface area contributed by atoms with E-state index in [9.17, 15) is 14.9 Å². The minimum atomic E-state index is -0.755. The number of likely N-dealkylation sites (N-methyl/N-ethyl adjacent to an activating group) is 1. The second-order valence-corrected chi connectivity index (χ2v) is 5.46. The zero-order chi connectivity index (χ0) is 15.6. The Morgan fingerprint density at radius 1 is 1.62 bits per heavy atom. The van der Waals surface area contributed by atoms with Crippen molar-refractivity contribution in [1.82, 2.24) is 5.32 Å². The van der Waals surface area contributed by atoms with Crippen LogP contribution in [0.5, 0.6) is 5.75 Å². The van der Waals surface area contributed by atoms with Crippen LogP contribution in [-0.4, -0.2) is 29.5 Å². The van der Waals surface area contributed by atoms with Crippen molar-refractivity contribution < 1.29 is 14.5 Å². The zero-order valence-corrected chi connectivity index (χ0v) is 12.2. The van der Waals surface area contributed by atoms with Crippen molar-refractivity contribution in [3.63, 3.8) is 0 Å². The summed E-state index contributed by atoms with van der Waals surface area (Å²) in [4.78, 5) is 21.7. The molecule has 1 aliphatic carbocycles. The summed E-state index contributed by atoms with van der Waals surface area (Å²) >= 11 is 5.84. The minimum absolute atomic E-state index is 0.0188. The van der Waals surface area contributed by atoms with Gasteiger partial charge in [-0.2, -0.15) is 0 Å². The first-order valence-electron chi connectivity index (χ1n) is 6.47. The van der Waals surface area contributed by atoms with Gasteiger partial charge in [0.2, 0.25) is 5.91 Å². The standard InChI is InChI=1S/C13H16ClN3O4/c1-16-13(12(15)18)5-4-9(7-13)21-8-2-3-11(17(19)20)10(14)6-8/h2-3,6,9,16H,4-5,7H2,1H3,(H2,15,18). The second-order valence-electron chi connectivity index (χ2n) is 5.05. The largest absolute Gasteiger partial charge is 0.490 e. The maximum atomic E-state index is 11.5. The third-order valence-electron chi connectivity index (χ3n) is 3.84. The van der Waals surface area contributed by atoms with Crippen molar-refractivity contribution in [1.29, 1.82) is 0 Å². The number of nitro benzene ring substituents is 1. The van der Waals surface area contributed by atoms with Crippen LogP contribution in [-0.2, 0) is 4.79 Å². The molecular weight excluding hydrogens is 298 g/mol. The number of benzene rings is 1. The normalized spacial score (nSPS) is 24.8. The fourth-order valence-corrected chi connectivity index (χ4v) is 2.82. The number of nitrogens with zero attached hydrogens (tertiary/aromatic N) is 1. The first-order chi connectivity index (χ1) is 9.88. The number of rotatable bonds is 5. The molecule has 114 valence electrons. The Kier molecular flexibility index (Phi) is 4.34. The molecule has 0 aliphatic heterocycles. The van der Waals surface area contributed by atoms with Crippen LogP contribution in [0.2, 0.25) is 5.02 Å². The smallest absolute Gasteiger partial charge is 0.288 e. The Bertz CT molecular complexity index is 581. The van der Waals surface area contributed by atoms with E-state index in [4.69, 9.17) is 22.1 Å². The molecule has 0 saturated heterocycles. The minimum Gasteiger partial charge on any atom is -0.490 e. The lowest BCUT2D eigenvalue weighted by Gasteiger charge is -2.24. The number of halogens is 1. The second kappa shape index (κ2) is 5.87. The van der Waals surface area contributed by atoms with Crippen molar-refractivity contribution in [2.45, 2.75) is 30.9 Å². The van der Waals surface area contributed by atoms with Gasteiger partial charge in [-0.15, -0.1) is 0 Å². The monoisotopic (exact) mass is 313 g/mol. The highest BCUT2D eigenvalue weighted by Gasteiger charge is 2.43. The van der Waals surface area contributed by atoms with Crippen molar-refractivity contribution in [2.75, 3.05) is 7.05 Å². The van der Waals surface area contributed by atoms with Gasteiger partial charge >= 0.3 is 0 Å². The molecule has 3 N–H and O–H groups in total. The summed E-state index contributed by atoms with van der Waals surface area (Å²) in [5.74, 6) is 0.0322. The topological polar surface area (TPSA) is 107 Å². The molecule has 1 aromatic rings. The van der Waals surface area contributed by atoms with Crippen LogP contribution in [0.3, 0.4) is 0 Å². The van der Waals surface area contributed by atoms with E-state index in [-0.39, 0.29) is 16.8 Å². The van der Waals surface area contributed by atoms with Crippen molar-refractivity contribution >= 4 is 23.2 Å². The maximum absolute atomic E-state index is 11.5. The SMILES string of the molecule is CNC1(C(N)=O)CCC(Oc2ccc([N+](=O)[O-])c(Cl)c2)C1. The molecule has 0 heterocycles. The van der Waals surface area contributed by atoms with Gasteiger partial charge in [0.05, 0.1) is 4.92 Å². The van der Waals surface area contributed by atoms with Gasteiger partial charge in [-0.3, -0.25) is 14.9 Å². The van der Waals surface area contributed by atoms with Gasteiger partial charge in [-0.1, -0.05) is 11.6 Å². The number of nitrogens with one attached hydrogen (secondary N) is 1. The molecule has 2 atom stereocenters. The third-order valence-corrected chi connectivity index (χ3v) is 4.14. The molecule has 1 amide bonds. The van der Waals surface area contributed by atoms with E-state index in [1.165, 1.54) is 18.2 Å². The first-order valence-corrected chi connectivity index (χ1v) is 6.85.